The van der Waals surface area contributed by atoms with Crippen LogP contribution in [0.2, 0.25) is 10.0 Å². The largest absolute Gasteiger partial charge is 0.252 e. The molecule has 2 rings (SSSR count). The third kappa shape index (κ3) is 2.03. The fourth-order valence-electron chi connectivity index (χ4n) is 1.81. The molecule has 84 valence electrons. The number of fused-ring (bicyclic) bond motifs is 1. The molecule has 0 aliphatic carbocycles. The van der Waals surface area contributed by atoms with Gasteiger partial charge in [-0.25, -0.2) is 0 Å². The first-order valence-corrected chi connectivity index (χ1v) is 6.81. The van der Waals surface area contributed by atoms with Crippen LogP contribution in [0.15, 0.2) is 12.1 Å². The van der Waals surface area contributed by atoms with Gasteiger partial charge in [0.05, 0.1) is 10.5 Å². The van der Waals surface area contributed by atoms with E-state index in [1.165, 1.54) is 0 Å². The molecule has 16 heavy (non-hydrogen) atoms. The van der Waals surface area contributed by atoms with E-state index in [-0.39, 0.29) is 0 Å². The summed E-state index contributed by atoms with van der Waals surface area (Å²) in [4.78, 5) is 4.60. The minimum Gasteiger partial charge on any atom is -0.252 e. The Morgan fingerprint density at radius 2 is 2.00 bits per heavy atom. The van der Waals surface area contributed by atoms with Gasteiger partial charge in [-0.15, -0.1) is 0 Å². The minimum atomic E-state index is 0.700. The van der Waals surface area contributed by atoms with Crippen molar-refractivity contribution in [1.82, 2.24) is 4.98 Å². The summed E-state index contributed by atoms with van der Waals surface area (Å²) >= 11 is 14.7. The van der Waals surface area contributed by atoms with E-state index in [0.29, 0.717) is 5.02 Å². The van der Waals surface area contributed by atoms with E-state index in [4.69, 9.17) is 23.2 Å². The predicted octanol–water partition coefficient (Wildman–Crippen LogP) is 5.02. The van der Waals surface area contributed by atoms with Gasteiger partial charge in [-0.3, -0.25) is 4.98 Å². The maximum atomic E-state index is 6.39. The molecule has 4 heteroatoms. The number of hydrogen-bond donors (Lipinski definition) is 0. The lowest BCUT2D eigenvalue weighted by molar-refractivity contribution is 1.07. The molecule has 0 radical (unpaired) electrons. The summed E-state index contributed by atoms with van der Waals surface area (Å²) in [6.07, 6.45) is 0.886. The fraction of sp³-hybridized carbons (Fsp3) is 0.250. The Bertz CT molecular complexity index is 567. The highest BCUT2D eigenvalue weighted by Crippen LogP contribution is 2.33. The summed E-state index contributed by atoms with van der Waals surface area (Å²) < 4.78 is 1.03. The van der Waals surface area contributed by atoms with Gasteiger partial charge in [0.15, 0.2) is 0 Å². The second kappa shape index (κ2) is 4.67. The Morgan fingerprint density at radius 3 is 2.62 bits per heavy atom. The average Bonchev–Trinajstić information content (AvgIpc) is 2.21. The molecule has 1 nitrogen and oxygen atoms in total. The number of pyridine rings is 1. The zero-order chi connectivity index (χ0) is 11.9. The van der Waals surface area contributed by atoms with E-state index in [2.05, 4.69) is 34.5 Å². The van der Waals surface area contributed by atoms with Gasteiger partial charge < -0.3 is 0 Å². The van der Waals surface area contributed by atoms with Gasteiger partial charge in [0.1, 0.15) is 0 Å². The number of aromatic nitrogens is 1. The Labute approximate surface area is 118 Å². The van der Waals surface area contributed by atoms with E-state index in [0.717, 1.165) is 37.2 Å². The normalized spacial score (nSPS) is 11.1. The number of nitrogens with zero attached hydrogens (tertiary/aromatic N) is 1. The van der Waals surface area contributed by atoms with E-state index in [1.807, 2.05) is 19.1 Å². The van der Waals surface area contributed by atoms with Gasteiger partial charge in [-0.1, -0.05) is 30.1 Å². The molecular weight excluding hydrogens is 356 g/mol. The van der Waals surface area contributed by atoms with E-state index in [1.54, 1.807) is 0 Å². The van der Waals surface area contributed by atoms with E-state index < -0.39 is 0 Å². The summed E-state index contributed by atoms with van der Waals surface area (Å²) in [5, 5.41) is 2.43. The maximum absolute atomic E-state index is 6.39. The maximum Gasteiger partial charge on any atom is 0.0854 e. The second-order valence-corrected chi connectivity index (χ2v) is 5.60. The first-order valence-electron chi connectivity index (χ1n) is 4.98. The van der Waals surface area contributed by atoms with Gasteiger partial charge in [0.25, 0.3) is 0 Å². The molecule has 0 saturated heterocycles. The van der Waals surface area contributed by atoms with Gasteiger partial charge in [0.2, 0.25) is 0 Å². The highest BCUT2D eigenvalue weighted by molar-refractivity contribution is 14.1. The Balaban J connectivity index is 2.93. The summed E-state index contributed by atoms with van der Waals surface area (Å²) in [6.45, 7) is 4.08. The number of aryl methyl sites for hydroxylation is 1. The van der Waals surface area contributed by atoms with Gasteiger partial charge in [0, 0.05) is 19.7 Å². The molecule has 0 aliphatic rings. The van der Waals surface area contributed by atoms with Crippen LogP contribution in [0.3, 0.4) is 0 Å². The highest BCUT2D eigenvalue weighted by atomic mass is 127. The SMILES string of the molecule is CCc1c(C)nc2c(I)cc(Cl)cc2c1Cl. The number of halogens is 3. The monoisotopic (exact) mass is 365 g/mol. The molecule has 0 N–H and O–H groups in total. The molecule has 0 unspecified atom stereocenters. The molecule has 1 aromatic heterocycles. The van der Waals surface area contributed by atoms with Crippen molar-refractivity contribution in [2.75, 3.05) is 0 Å². The highest BCUT2D eigenvalue weighted by Gasteiger charge is 2.12. The number of rotatable bonds is 1. The molecule has 2 aromatic rings. The molecule has 0 atom stereocenters. The predicted molar refractivity (Wildman–Crippen MR) is 78.6 cm³/mol. The van der Waals surface area contributed by atoms with Crippen molar-refractivity contribution in [3.63, 3.8) is 0 Å². The van der Waals surface area contributed by atoms with Crippen LogP contribution in [0.25, 0.3) is 10.9 Å². The van der Waals surface area contributed by atoms with Crippen LogP contribution in [-0.2, 0) is 6.42 Å². The molecule has 1 heterocycles. The summed E-state index contributed by atoms with van der Waals surface area (Å²) in [5.74, 6) is 0. The van der Waals surface area contributed by atoms with Gasteiger partial charge in [-0.2, -0.15) is 0 Å². The Kier molecular flexibility index (Phi) is 3.62. The minimum absolute atomic E-state index is 0.700. The van der Waals surface area contributed by atoms with Crippen molar-refractivity contribution in [2.24, 2.45) is 0 Å². The smallest absolute Gasteiger partial charge is 0.0854 e. The quantitative estimate of drug-likeness (QED) is 0.647. The fourth-order valence-corrected chi connectivity index (χ4v) is 3.38. The second-order valence-electron chi connectivity index (χ2n) is 3.63. The van der Waals surface area contributed by atoms with Crippen LogP contribution in [0.4, 0.5) is 0 Å². The first kappa shape index (κ1) is 12.4. The molecule has 0 spiro atoms. The van der Waals surface area contributed by atoms with Crippen LogP contribution in [0.5, 0.6) is 0 Å². The van der Waals surface area contributed by atoms with Crippen molar-refractivity contribution in [2.45, 2.75) is 20.3 Å². The van der Waals surface area contributed by atoms with Gasteiger partial charge >= 0.3 is 0 Å². The van der Waals surface area contributed by atoms with Crippen molar-refractivity contribution in [3.8, 4) is 0 Å². The lowest BCUT2D eigenvalue weighted by Crippen LogP contribution is -1.96. The van der Waals surface area contributed by atoms with Crippen molar-refractivity contribution >= 4 is 56.7 Å². The third-order valence-electron chi connectivity index (χ3n) is 2.60. The van der Waals surface area contributed by atoms with E-state index >= 15 is 0 Å². The number of benzene rings is 1. The lowest BCUT2D eigenvalue weighted by Gasteiger charge is -2.10. The van der Waals surface area contributed by atoms with Crippen LogP contribution in [-0.4, -0.2) is 4.98 Å². The van der Waals surface area contributed by atoms with Crippen molar-refractivity contribution in [1.29, 1.82) is 0 Å². The summed E-state index contributed by atoms with van der Waals surface area (Å²) in [6, 6.07) is 3.78. The molecule has 1 aromatic carbocycles. The van der Waals surface area contributed by atoms with Crippen molar-refractivity contribution in [3.05, 3.63) is 37.0 Å². The Hall–Kier alpha value is -0.0600. The topological polar surface area (TPSA) is 12.9 Å². The molecule has 0 aliphatic heterocycles. The molecule has 0 amide bonds. The zero-order valence-electron chi connectivity index (χ0n) is 8.94. The average molecular weight is 366 g/mol. The number of hydrogen-bond acceptors (Lipinski definition) is 1. The summed E-state index contributed by atoms with van der Waals surface area (Å²) in [5.41, 5.74) is 3.04. The molecule has 0 saturated carbocycles. The van der Waals surface area contributed by atoms with Crippen LogP contribution >= 0.6 is 45.8 Å². The van der Waals surface area contributed by atoms with Crippen LogP contribution in [0, 0.1) is 10.5 Å². The zero-order valence-corrected chi connectivity index (χ0v) is 12.6. The molecule has 0 fully saturated rings. The molecular formula is C12H10Cl2IN. The standard InChI is InChI=1S/C12H10Cl2IN/c1-3-8-6(2)16-12-9(11(8)14)4-7(13)5-10(12)15/h4-5H,3H2,1-2H3. The van der Waals surface area contributed by atoms with Gasteiger partial charge in [-0.05, 0) is 53.6 Å². The van der Waals surface area contributed by atoms with Crippen LogP contribution in [0.1, 0.15) is 18.2 Å². The third-order valence-corrected chi connectivity index (χ3v) is 4.07. The Morgan fingerprint density at radius 1 is 1.31 bits per heavy atom. The summed E-state index contributed by atoms with van der Waals surface area (Å²) in [7, 11) is 0. The van der Waals surface area contributed by atoms with Crippen molar-refractivity contribution < 1.29 is 0 Å². The molecule has 0 bridgehead atoms. The lowest BCUT2D eigenvalue weighted by atomic mass is 10.1. The van der Waals surface area contributed by atoms with E-state index in [9.17, 15) is 0 Å². The van der Waals surface area contributed by atoms with Crippen LogP contribution < -0.4 is 0 Å². The first-order chi connectivity index (χ1) is 7.54.